The van der Waals surface area contributed by atoms with Crippen LogP contribution >= 0.6 is 11.6 Å². The molecule has 0 aliphatic carbocycles. The van der Waals surface area contributed by atoms with Crippen molar-refractivity contribution >= 4 is 17.5 Å². The first-order valence-electron chi connectivity index (χ1n) is 6.79. The van der Waals surface area contributed by atoms with Gasteiger partial charge in [0.25, 0.3) is 0 Å². The number of hydrogen-bond donors (Lipinski definition) is 1. The average Bonchev–Trinajstić information content (AvgIpc) is 2.80. The summed E-state index contributed by atoms with van der Waals surface area (Å²) in [5.41, 5.74) is 1.84. The van der Waals surface area contributed by atoms with Crippen LogP contribution in [0.25, 0.3) is 5.69 Å². The Hall–Kier alpha value is -1.68. The van der Waals surface area contributed by atoms with Gasteiger partial charge >= 0.3 is 0 Å². The molecule has 0 amide bonds. The first kappa shape index (κ1) is 14.7. The Kier molecular flexibility index (Phi) is 4.90. The molecule has 0 fully saturated rings. The summed E-state index contributed by atoms with van der Waals surface area (Å²) < 4.78 is 7.39. The fourth-order valence-corrected chi connectivity index (χ4v) is 2.20. The molecule has 0 radical (unpaired) electrons. The third-order valence-corrected chi connectivity index (χ3v) is 3.28. The van der Waals surface area contributed by atoms with Gasteiger partial charge in [-0.2, -0.15) is 0 Å². The van der Waals surface area contributed by atoms with Crippen LogP contribution in [0.1, 0.15) is 25.5 Å². The normalized spacial score (nSPS) is 10.6. The summed E-state index contributed by atoms with van der Waals surface area (Å²) >= 11 is 6.10. The number of anilines is 1. The maximum Gasteiger partial charge on any atom is 0.207 e. The molecule has 2 aromatic rings. The monoisotopic (exact) mass is 293 g/mol. The van der Waals surface area contributed by atoms with Gasteiger partial charge < -0.3 is 10.1 Å². The number of hydrogen-bond acceptors (Lipinski definition) is 3. The third-order valence-electron chi connectivity index (χ3n) is 3.04. The Balaban J connectivity index is 2.38. The molecular formula is C15H20ClN3O. The minimum atomic E-state index is 0.673. The first-order chi connectivity index (χ1) is 9.65. The second-order valence-electron chi connectivity index (χ2n) is 4.67. The van der Waals surface area contributed by atoms with E-state index >= 15 is 0 Å². The number of rotatable bonds is 6. The molecule has 0 unspecified atom stereocenters. The fraction of sp³-hybridized carbons (Fsp3) is 0.400. The molecule has 1 aromatic heterocycles. The van der Waals surface area contributed by atoms with Crippen molar-refractivity contribution in [1.29, 1.82) is 0 Å². The Morgan fingerprint density at radius 1 is 1.40 bits per heavy atom. The summed E-state index contributed by atoms with van der Waals surface area (Å²) in [4.78, 5) is 4.52. The van der Waals surface area contributed by atoms with Crippen molar-refractivity contribution in [2.75, 3.05) is 19.0 Å². The van der Waals surface area contributed by atoms with Crippen LogP contribution in [-0.4, -0.2) is 23.2 Å². The van der Waals surface area contributed by atoms with Crippen molar-refractivity contribution in [1.82, 2.24) is 9.55 Å². The lowest BCUT2D eigenvalue weighted by molar-refractivity contribution is 0.413. The number of ether oxygens (including phenoxy) is 1. The van der Waals surface area contributed by atoms with Crippen LogP contribution in [0.5, 0.6) is 5.75 Å². The van der Waals surface area contributed by atoms with E-state index < -0.39 is 0 Å². The molecule has 108 valence electrons. The van der Waals surface area contributed by atoms with Gasteiger partial charge in [-0.1, -0.05) is 24.9 Å². The number of methoxy groups -OCH3 is 1. The van der Waals surface area contributed by atoms with Gasteiger partial charge in [-0.25, -0.2) is 4.98 Å². The third kappa shape index (κ3) is 3.25. The largest absolute Gasteiger partial charge is 0.495 e. The predicted octanol–water partition coefficient (Wildman–Crippen LogP) is 4.05. The highest BCUT2D eigenvalue weighted by atomic mass is 35.5. The van der Waals surface area contributed by atoms with Gasteiger partial charge in [0.2, 0.25) is 5.95 Å². The molecule has 1 heterocycles. The van der Waals surface area contributed by atoms with E-state index in [1.165, 1.54) is 0 Å². The first-order valence-corrected chi connectivity index (χ1v) is 7.17. The molecule has 1 aromatic carbocycles. The summed E-state index contributed by atoms with van der Waals surface area (Å²) in [6.07, 6.45) is 4.23. The van der Waals surface area contributed by atoms with Crippen molar-refractivity contribution in [3.63, 3.8) is 0 Å². The number of imidazole rings is 1. The molecule has 20 heavy (non-hydrogen) atoms. The van der Waals surface area contributed by atoms with Crippen molar-refractivity contribution in [2.24, 2.45) is 0 Å². The van der Waals surface area contributed by atoms with E-state index in [1.807, 2.05) is 35.9 Å². The maximum atomic E-state index is 6.10. The predicted molar refractivity (Wildman–Crippen MR) is 83.3 cm³/mol. The van der Waals surface area contributed by atoms with E-state index in [-0.39, 0.29) is 0 Å². The molecule has 0 aliphatic rings. The van der Waals surface area contributed by atoms with Gasteiger partial charge in [0, 0.05) is 17.8 Å². The van der Waals surface area contributed by atoms with Crippen molar-refractivity contribution in [3.05, 3.63) is 35.1 Å². The van der Waals surface area contributed by atoms with E-state index in [0.717, 1.165) is 42.5 Å². The number of benzene rings is 1. The molecule has 2 rings (SSSR count). The molecule has 0 bridgehead atoms. The van der Waals surface area contributed by atoms with Crippen molar-refractivity contribution < 1.29 is 4.74 Å². The fourth-order valence-electron chi connectivity index (χ4n) is 2.03. The molecule has 5 heteroatoms. The Labute approximate surface area is 124 Å². The zero-order valence-corrected chi connectivity index (χ0v) is 12.9. The van der Waals surface area contributed by atoms with Crippen LogP contribution in [-0.2, 0) is 0 Å². The summed E-state index contributed by atoms with van der Waals surface area (Å²) in [7, 11) is 1.65. The summed E-state index contributed by atoms with van der Waals surface area (Å²) in [5.74, 6) is 1.59. The summed E-state index contributed by atoms with van der Waals surface area (Å²) in [5, 5.41) is 4.03. The zero-order chi connectivity index (χ0) is 14.5. The molecule has 0 saturated carbocycles. The lowest BCUT2D eigenvalue weighted by Gasteiger charge is -2.13. The second-order valence-corrected chi connectivity index (χ2v) is 5.11. The molecule has 0 spiro atoms. The number of nitrogens with zero attached hydrogens (tertiary/aromatic N) is 2. The van der Waals surface area contributed by atoms with Gasteiger partial charge in [-0.3, -0.25) is 4.57 Å². The number of aromatic nitrogens is 2. The zero-order valence-electron chi connectivity index (χ0n) is 12.1. The van der Waals surface area contributed by atoms with E-state index in [4.69, 9.17) is 16.3 Å². The van der Waals surface area contributed by atoms with Crippen molar-refractivity contribution in [2.45, 2.75) is 26.7 Å². The molecule has 4 nitrogen and oxygen atoms in total. The van der Waals surface area contributed by atoms with E-state index in [0.29, 0.717) is 5.02 Å². The van der Waals surface area contributed by atoms with Gasteiger partial charge in [0.1, 0.15) is 5.75 Å². The summed E-state index contributed by atoms with van der Waals surface area (Å²) in [6.45, 7) is 5.04. The maximum absolute atomic E-state index is 6.10. The van der Waals surface area contributed by atoms with Crippen LogP contribution in [0.4, 0.5) is 5.95 Å². The lowest BCUT2D eigenvalue weighted by atomic mass is 10.3. The minimum absolute atomic E-state index is 0.673. The Morgan fingerprint density at radius 2 is 2.20 bits per heavy atom. The highest BCUT2D eigenvalue weighted by molar-refractivity contribution is 6.30. The van der Waals surface area contributed by atoms with E-state index in [1.54, 1.807) is 7.11 Å². The van der Waals surface area contributed by atoms with Crippen LogP contribution in [0.2, 0.25) is 5.02 Å². The average molecular weight is 294 g/mol. The van der Waals surface area contributed by atoms with Crippen LogP contribution in [0.3, 0.4) is 0 Å². The quantitative estimate of drug-likeness (QED) is 0.817. The van der Waals surface area contributed by atoms with E-state index in [9.17, 15) is 0 Å². The van der Waals surface area contributed by atoms with Crippen LogP contribution in [0, 0.1) is 6.92 Å². The highest BCUT2D eigenvalue weighted by Gasteiger charge is 2.12. The molecule has 1 N–H and O–H groups in total. The van der Waals surface area contributed by atoms with Gasteiger partial charge in [-0.15, -0.1) is 0 Å². The van der Waals surface area contributed by atoms with Gasteiger partial charge in [-0.05, 0) is 31.5 Å². The number of halogens is 1. The SMILES string of the molecule is CCCCNc1nc(C)cn1-c1cc(Cl)ccc1OC. The van der Waals surface area contributed by atoms with Gasteiger partial charge in [0.15, 0.2) is 0 Å². The Morgan fingerprint density at radius 3 is 2.90 bits per heavy atom. The Bertz CT molecular complexity index is 580. The van der Waals surface area contributed by atoms with Crippen LogP contribution < -0.4 is 10.1 Å². The van der Waals surface area contributed by atoms with Crippen molar-refractivity contribution in [3.8, 4) is 11.4 Å². The smallest absolute Gasteiger partial charge is 0.207 e. The number of nitrogens with one attached hydrogen (secondary N) is 1. The molecule has 0 aliphatic heterocycles. The van der Waals surface area contributed by atoms with Gasteiger partial charge in [0.05, 0.1) is 18.5 Å². The van der Waals surface area contributed by atoms with Crippen LogP contribution in [0.15, 0.2) is 24.4 Å². The molecule has 0 atom stereocenters. The lowest BCUT2D eigenvalue weighted by Crippen LogP contribution is -2.08. The summed E-state index contributed by atoms with van der Waals surface area (Å²) in [6, 6.07) is 5.56. The highest BCUT2D eigenvalue weighted by Crippen LogP contribution is 2.29. The van der Waals surface area contributed by atoms with E-state index in [2.05, 4.69) is 17.2 Å². The second kappa shape index (κ2) is 6.66. The number of unbranched alkanes of at least 4 members (excludes halogenated alkanes) is 1. The molecular weight excluding hydrogens is 274 g/mol. The molecule has 0 saturated heterocycles. The minimum Gasteiger partial charge on any atom is -0.495 e. The number of aryl methyl sites for hydroxylation is 1. The standard InChI is InChI=1S/C15H20ClN3O/c1-4-5-8-17-15-18-11(2)10-19(15)13-9-12(16)6-7-14(13)20-3/h6-7,9-10H,4-5,8H2,1-3H3,(H,17,18). The topological polar surface area (TPSA) is 39.1 Å².